The van der Waals surface area contributed by atoms with Crippen molar-refractivity contribution in [1.29, 1.82) is 0 Å². The number of aromatic nitrogens is 4. The molecule has 0 bridgehead atoms. The summed E-state index contributed by atoms with van der Waals surface area (Å²) < 4.78 is 1.39. The highest BCUT2D eigenvalue weighted by Gasteiger charge is 2.18. The number of hydrogen-bond acceptors (Lipinski definition) is 4. The van der Waals surface area contributed by atoms with Gasteiger partial charge in [0.25, 0.3) is 5.91 Å². The minimum Gasteiger partial charge on any atom is -0.480 e. The molecule has 0 atom stereocenters. The summed E-state index contributed by atoms with van der Waals surface area (Å²) in [6.45, 7) is 1.78. The van der Waals surface area contributed by atoms with Gasteiger partial charge in [-0.1, -0.05) is 0 Å². The zero-order valence-corrected chi connectivity index (χ0v) is 11.2. The van der Waals surface area contributed by atoms with Crippen LogP contribution in [0.1, 0.15) is 22.1 Å². The lowest BCUT2D eigenvalue weighted by atomic mass is 10.3. The molecule has 0 spiro atoms. The van der Waals surface area contributed by atoms with Crippen LogP contribution in [0.15, 0.2) is 18.3 Å². The van der Waals surface area contributed by atoms with Crippen LogP contribution in [0.4, 0.5) is 0 Å². The number of H-pyrrole nitrogens is 1. The zero-order valence-electron chi connectivity index (χ0n) is 11.2. The Labute approximate surface area is 115 Å². The van der Waals surface area contributed by atoms with Crippen LogP contribution in [0, 0.1) is 6.92 Å². The van der Waals surface area contributed by atoms with Gasteiger partial charge in [-0.3, -0.25) is 14.7 Å². The van der Waals surface area contributed by atoms with Gasteiger partial charge in [0.05, 0.1) is 6.54 Å². The molecule has 2 aromatic heterocycles. The molecule has 0 unspecified atom stereocenters. The molecule has 2 rings (SSSR count). The van der Waals surface area contributed by atoms with Crippen molar-refractivity contribution in [3.8, 4) is 0 Å². The van der Waals surface area contributed by atoms with E-state index >= 15 is 0 Å². The van der Waals surface area contributed by atoms with E-state index < -0.39 is 5.97 Å². The summed E-state index contributed by atoms with van der Waals surface area (Å²) in [5, 5.41) is 15.5. The van der Waals surface area contributed by atoms with Crippen molar-refractivity contribution >= 4 is 11.9 Å². The smallest absolute Gasteiger partial charge is 0.323 e. The first-order valence-corrected chi connectivity index (χ1v) is 5.97. The number of carboxylic acids is 1. The molecule has 0 saturated carbocycles. The van der Waals surface area contributed by atoms with E-state index in [9.17, 15) is 9.59 Å². The second-order valence-corrected chi connectivity index (χ2v) is 4.41. The minimum absolute atomic E-state index is 0.248. The van der Waals surface area contributed by atoms with Crippen molar-refractivity contribution in [3.63, 3.8) is 0 Å². The number of amides is 1. The second-order valence-electron chi connectivity index (χ2n) is 4.41. The Balaban J connectivity index is 2.10. The van der Waals surface area contributed by atoms with Crippen LogP contribution in [0.5, 0.6) is 0 Å². The lowest BCUT2D eigenvalue weighted by molar-refractivity contribution is -0.137. The van der Waals surface area contributed by atoms with Gasteiger partial charge in [-0.15, -0.1) is 0 Å². The van der Waals surface area contributed by atoms with Crippen molar-refractivity contribution in [3.05, 3.63) is 35.7 Å². The average molecular weight is 277 g/mol. The summed E-state index contributed by atoms with van der Waals surface area (Å²) in [6, 6.07) is 3.23. The topological polar surface area (TPSA) is 104 Å². The number of carbonyl (C=O) groups is 2. The van der Waals surface area contributed by atoms with Gasteiger partial charge in [0.15, 0.2) is 5.82 Å². The fourth-order valence-electron chi connectivity index (χ4n) is 1.83. The predicted molar refractivity (Wildman–Crippen MR) is 69.0 cm³/mol. The molecule has 0 aliphatic carbocycles. The molecule has 2 N–H and O–H groups in total. The highest BCUT2D eigenvalue weighted by atomic mass is 16.4. The van der Waals surface area contributed by atoms with Gasteiger partial charge in [-0.2, -0.15) is 5.10 Å². The van der Waals surface area contributed by atoms with Crippen LogP contribution in [0.3, 0.4) is 0 Å². The second kappa shape index (κ2) is 5.55. The summed E-state index contributed by atoms with van der Waals surface area (Å²) in [4.78, 5) is 28.6. The fraction of sp³-hybridized carbons (Fsp3) is 0.333. The Morgan fingerprint density at radius 1 is 1.50 bits per heavy atom. The van der Waals surface area contributed by atoms with E-state index in [4.69, 9.17) is 5.11 Å². The maximum atomic E-state index is 12.3. The number of nitrogens with one attached hydrogen (secondary N) is 1. The van der Waals surface area contributed by atoms with E-state index in [1.165, 1.54) is 9.47 Å². The maximum absolute atomic E-state index is 12.3. The van der Waals surface area contributed by atoms with Crippen LogP contribution in [0.25, 0.3) is 0 Å². The standard InChI is InChI=1S/C12H15N5O3/c1-8-13-10(15-14-8)6-16(2)12(20)9-4-3-5-17(9)7-11(18)19/h3-5H,6-7H2,1-2H3,(H,18,19)(H,13,14,15). The molecule has 0 aliphatic rings. The molecule has 0 radical (unpaired) electrons. The van der Waals surface area contributed by atoms with Gasteiger partial charge in [-0.05, 0) is 19.1 Å². The van der Waals surface area contributed by atoms with E-state index in [0.29, 0.717) is 17.3 Å². The quantitative estimate of drug-likeness (QED) is 0.816. The molecule has 0 fully saturated rings. The van der Waals surface area contributed by atoms with E-state index in [2.05, 4.69) is 15.2 Å². The van der Waals surface area contributed by atoms with Crippen molar-refractivity contribution in [1.82, 2.24) is 24.6 Å². The Kier molecular flexibility index (Phi) is 3.83. The third kappa shape index (κ3) is 3.02. The fourth-order valence-corrected chi connectivity index (χ4v) is 1.83. The zero-order chi connectivity index (χ0) is 14.7. The highest BCUT2D eigenvalue weighted by molar-refractivity contribution is 5.92. The number of aryl methyl sites for hydroxylation is 1. The number of hydrogen-bond donors (Lipinski definition) is 2. The van der Waals surface area contributed by atoms with Crippen molar-refractivity contribution < 1.29 is 14.7 Å². The lowest BCUT2D eigenvalue weighted by Gasteiger charge is -2.16. The summed E-state index contributed by atoms with van der Waals surface area (Å²) in [6.07, 6.45) is 1.56. The Morgan fingerprint density at radius 2 is 2.25 bits per heavy atom. The van der Waals surface area contributed by atoms with Crippen molar-refractivity contribution in [2.24, 2.45) is 0 Å². The Morgan fingerprint density at radius 3 is 2.85 bits per heavy atom. The largest absolute Gasteiger partial charge is 0.480 e. The first kappa shape index (κ1) is 13.8. The predicted octanol–water partition coefficient (Wildman–Crippen LogP) is 0.271. The molecule has 8 heteroatoms. The van der Waals surface area contributed by atoms with Crippen molar-refractivity contribution in [2.75, 3.05) is 7.05 Å². The average Bonchev–Trinajstić information content (AvgIpc) is 2.97. The van der Waals surface area contributed by atoms with Crippen LogP contribution in [-0.4, -0.2) is 48.7 Å². The van der Waals surface area contributed by atoms with Gasteiger partial charge in [0.1, 0.15) is 18.1 Å². The minimum atomic E-state index is -0.998. The van der Waals surface area contributed by atoms with Crippen LogP contribution in [0.2, 0.25) is 0 Å². The molecule has 1 amide bonds. The van der Waals surface area contributed by atoms with Crippen LogP contribution < -0.4 is 0 Å². The number of rotatable bonds is 5. The molecular weight excluding hydrogens is 262 g/mol. The van der Waals surface area contributed by atoms with Crippen LogP contribution in [-0.2, 0) is 17.9 Å². The molecule has 2 heterocycles. The Bertz CT molecular complexity index is 631. The summed E-state index contributed by atoms with van der Waals surface area (Å²) in [5.41, 5.74) is 0.321. The SMILES string of the molecule is Cc1nc(CN(C)C(=O)c2cccn2CC(=O)O)n[nH]1. The molecular formula is C12H15N5O3. The number of aliphatic carboxylic acids is 1. The number of aromatic amines is 1. The van der Waals surface area contributed by atoms with E-state index in [1.807, 2.05) is 0 Å². The summed E-state index contributed by atoms with van der Waals surface area (Å²) in [7, 11) is 1.62. The van der Waals surface area contributed by atoms with Gasteiger partial charge < -0.3 is 14.6 Å². The molecule has 8 nitrogen and oxygen atoms in total. The molecule has 20 heavy (non-hydrogen) atoms. The number of nitrogens with zero attached hydrogens (tertiary/aromatic N) is 4. The maximum Gasteiger partial charge on any atom is 0.323 e. The van der Waals surface area contributed by atoms with E-state index in [0.717, 1.165) is 0 Å². The highest BCUT2D eigenvalue weighted by Crippen LogP contribution is 2.08. The van der Waals surface area contributed by atoms with Gasteiger partial charge in [-0.25, -0.2) is 4.98 Å². The van der Waals surface area contributed by atoms with E-state index in [1.54, 1.807) is 32.3 Å². The third-order valence-corrected chi connectivity index (χ3v) is 2.72. The van der Waals surface area contributed by atoms with Crippen molar-refractivity contribution in [2.45, 2.75) is 20.0 Å². The first-order chi connectivity index (χ1) is 9.47. The van der Waals surface area contributed by atoms with Crippen LogP contribution >= 0.6 is 0 Å². The molecule has 0 aromatic carbocycles. The first-order valence-electron chi connectivity index (χ1n) is 5.97. The Hall–Kier alpha value is -2.64. The molecule has 2 aromatic rings. The van der Waals surface area contributed by atoms with Gasteiger partial charge >= 0.3 is 5.97 Å². The molecule has 0 aliphatic heterocycles. The lowest BCUT2D eigenvalue weighted by Crippen LogP contribution is -2.29. The molecule has 106 valence electrons. The van der Waals surface area contributed by atoms with E-state index in [-0.39, 0.29) is 19.0 Å². The van der Waals surface area contributed by atoms with Gasteiger partial charge in [0.2, 0.25) is 0 Å². The number of carboxylic acid groups (broad SMARTS) is 1. The third-order valence-electron chi connectivity index (χ3n) is 2.72. The summed E-state index contributed by atoms with van der Waals surface area (Å²) in [5.74, 6) is -0.0917. The summed E-state index contributed by atoms with van der Waals surface area (Å²) >= 11 is 0. The molecule has 0 saturated heterocycles. The van der Waals surface area contributed by atoms with Gasteiger partial charge in [0, 0.05) is 13.2 Å². The number of carbonyl (C=O) groups excluding carboxylic acids is 1. The normalized spacial score (nSPS) is 10.5. The monoisotopic (exact) mass is 277 g/mol.